The molecule has 4 nitrogen and oxygen atoms in total. The zero-order valence-corrected chi connectivity index (χ0v) is 8.04. The van der Waals surface area contributed by atoms with Crippen LogP contribution in [0.3, 0.4) is 0 Å². The molecule has 4 heteroatoms. The number of piperidine rings is 1. The second kappa shape index (κ2) is 4.37. The van der Waals surface area contributed by atoms with Crippen molar-refractivity contribution >= 4 is 0 Å². The van der Waals surface area contributed by atoms with Gasteiger partial charge in [0.05, 0.1) is 0 Å². The van der Waals surface area contributed by atoms with Crippen LogP contribution < -0.4 is 11.2 Å². The van der Waals surface area contributed by atoms with Crippen molar-refractivity contribution < 1.29 is 4.84 Å². The van der Waals surface area contributed by atoms with Crippen LogP contribution in [0, 0.1) is 5.92 Å². The molecule has 0 aromatic heterocycles. The molecule has 0 aromatic carbocycles. The van der Waals surface area contributed by atoms with E-state index in [4.69, 9.17) is 10.7 Å². The Hall–Kier alpha value is -0.160. The average Bonchev–Trinajstić information content (AvgIpc) is 2.12. The van der Waals surface area contributed by atoms with Gasteiger partial charge in [0.1, 0.15) is 6.10 Å². The molecule has 3 N–H and O–H groups in total. The molecule has 2 heterocycles. The van der Waals surface area contributed by atoms with E-state index in [-0.39, 0.29) is 0 Å². The third-order valence-electron chi connectivity index (χ3n) is 3.09. The molecule has 2 saturated heterocycles. The number of likely N-dealkylation sites (tertiary alicyclic amines) is 1. The molecule has 2 rings (SSSR count). The highest BCUT2D eigenvalue weighted by Crippen LogP contribution is 2.18. The molecule has 2 aliphatic rings. The van der Waals surface area contributed by atoms with Crippen LogP contribution in [0.5, 0.6) is 0 Å². The van der Waals surface area contributed by atoms with Crippen molar-refractivity contribution in [3.63, 3.8) is 0 Å². The van der Waals surface area contributed by atoms with Crippen LogP contribution in [0.25, 0.3) is 0 Å². The molecule has 0 radical (unpaired) electrons. The largest absolute Gasteiger partial charge is 0.317 e. The van der Waals surface area contributed by atoms with Crippen molar-refractivity contribution in [1.29, 1.82) is 0 Å². The molecule has 0 amide bonds. The Bertz CT molecular complexity index is 153. The first-order valence-electron chi connectivity index (χ1n) is 5.17. The molecule has 76 valence electrons. The molecule has 0 bridgehead atoms. The highest BCUT2D eigenvalue weighted by Gasteiger charge is 2.29. The maximum Gasteiger partial charge on any atom is 0.104 e. The maximum atomic E-state index is 5.09. The maximum absolute atomic E-state index is 5.09. The van der Waals surface area contributed by atoms with E-state index in [0.717, 1.165) is 19.0 Å². The van der Waals surface area contributed by atoms with E-state index in [1.807, 2.05) is 0 Å². The molecule has 2 aliphatic heterocycles. The molecule has 0 aromatic rings. The number of nitrogens with one attached hydrogen (secondary N) is 1. The monoisotopic (exact) mass is 185 g/mol. The first kappa shape index (κ1) is 9.40. The SMILES string of the molecule is NOC1CN(CC2CCNCC2)C1. The van der Waals surface area contributed by atoms with Gasteiger partial charge in [-0.25, -0.2) is 5.90 Å². The Morgan fingerprint density at radius 3 is 2.62 bits per heavy atom. The highest BCUT2D eigenvalue weighted by molar-refractivity contribution is 4.83. The average molecular weight is 185 g/mol. The van der Waals surface area contributed by atoms with Gasteiger partial charge in [0.2, 0.25) is 0 Å². The molecular formula is C9H19N3O. The van der Waals surface area contributed by atoms with Gasteiger partial charge in [-0.15, -0.1) is 0 Å². The van der Waals surface area contributed by atoms with E-state index >= 15 is 0 Å². The van der Waals surface area contributed by atoms with E-state index in [1.165, 1.54) is 32.5 Å². The summed E-state index contributed by atoms with van der Waals surface area (Å²) in [7, 11) is 0. The van der Waals surface area contributed by atoms with Gasteiger partial charge in [0.15, 0.2) is 0 Å². The van der Waals surface area contributed by atoms with Crippen molar-refractivity contribution in [1.82, 2.24) is 10.2 Å². The van der Waals surface area contributed by atoms with E-state index in [1.54, 1.807) is 0 Å². The minimum atomic E-state index is 0.293. The predicted octanol–water partition coefficient (Wildman–Crippen LogP) is -0.439. The predicted molar refractivity (Wildman–Crippen MR) is 51.1 cm³/mol. The van der Waals surface area contributed by atoms with E-state index < -0.39 is 0 Å². The van der Waals surface area contributed by atoms with Gasteiger partial charge < -0.3 is 5.32 Å². The van der Waals surface area contributed by atoms with Crippen LogP contribution in [0.2, 0.25) is 0 Å². The van der Waals surface area contributed by atoms with Crippen molar-refractivity contribution in [2.45, 2.75) is 18.9 Å². The summed E-state index contributed by atoms with van der Waals surface area (Å²) < 4.78 is 0. The van der Waals surface area contributed by atoms with Gasteiger partial charge in [0.25, 0.3) is 0 Å². The molecule has 13 heavy (non-hydrogen) atoms. The fraction of sp³-hybridized carbons (Fsp3) is 1.00. The smallest absolute Gasteiger partial charge is 0.104 e. The summed E-state index contributed by atoms with van der Waals surface area (Å²) in [6.45, 7) is 5.67. The van der Waals surface area contributed by atoms with Crippen LogP contribution in [0.15, 0.2) is 0 Å². The number of nitrogens with zero attached hydrogens (tertiary/aromatic N) is 1. The summed E-state index contributed by atoms with van der Waals surface area (Å²) in [6, 6.07) is 0. The molecule has 0 unspecified atom stereocenters. The topological polar surface area (TPSA) is 50.5 Å². The summed E-state index contributed by atoms with van der Waals surface area (Å²) in [6.07, 6.45) is 2.94. The molecule has 0 aliphatic carbocycles. The highest BCUT2D eigenvalue weighted by atomic mass is 16.6. The third kappa shape index (κ3) is 2.40. The molecule has 0 spiro atoms. The van der Waals surface area contributed by atoms with Crippen molar-refractivity contribution in [2.75, 3.05) is 32.7 Å². The normalized spacial score (nSPS) is 27.5. The molecule has 0 saturated carbocycles. The second-order valence-electron chi connectivity index (χ2n) is 4.17. The van der Waals surface area contributed by atoms with Gasteiger partial charge in [-0.2, -0.15) is 0 Å². The van der Waals surface area contributed by atoms with Gasteiger partial charge in [0, 0.05) is 19.6 Å². The summed E-state index contributed by atoms with van der Waals surface area (Å²) in [4.78, 5) is 7.19. The van der Waals surface area contributed by atoms with Gasteiger partial charge in [-0.05, 0) is 31.8 Å². The first-order chi connectivity index (χ1) is 6.38. The van der Waals surface area contributed by atoms with Gasteiger partial charge in [-0.3, -0.25) is 9.74 Å². The summed E-state index contributed by atoms with van der Waals surface area (Å²) >= 11 is 0. The lowest BCUT2D eigenvalue weighted by Gasteiger charge is -2.40. The number of rotatable bonds is 3. The van der Waals surface area contributed by atoms with Crippen LogP contribution >= 0.6 is 0 Å². The standard InChI is InChI=1S/C9H19N3O/c10-13-9-6-12(7-9)5-8-1-3-11-4-2-8/h8-9,11H,1-7,10H2. The van der Waals surface area contributed by atoms with Crippen molar-refractivity contribution in [2.24, 2.45) is 11.8 Å². The lowest BCUT2D eigenvalue weighted by Crippen LogP contribution is -2.55. The Labute approximate surface area is 79.4 Å². The fourth-order valence-corrected chi connectivity index (χ4v) is 2.19. The minimum Gasteiger partial charge on any atom is -0.317 e. The Morgan fingerprint density at radius 2 is 2.00 bits per heavy atom. The zero-order chi connectivity index (χ0) is 9.10. The van der Waals surface area contributed by atoms with Crippen LogP contribution in [0.4, 0.5) is 0 Å². The number of hydrogen-bond acceptors (Lipinski definition) is 4. The Morgan fingerprint density at radius 1 is 1.31 bits per heavy atom. The lowest BCUT2D eigenvalue weighted by molar-refractivity contribution is -0.0622. The molecule has 2 fully saturated rings. The zero-order valence-electron chi connectivity index (χ0n) is 8.04. The van der Waals surface area contributed by atoms with Crippen LogP contribution in [-0.4, -0.2) is 43.7 Å². The number of hydrogen-bond donors (Lipinski definition) is 2. The summed E-state index contributed by atoms with van der Waals surface area (Å²) in [5.41, 5.74) is 0. The van der Waals surface area contributed by atoms with E-state index in [9.17, 15) is 0 Å². The van der Waals surface area contributed by atoms with Crippen molar-refractivity contribution in [3.8, 4) is 0 Å². The minimum absolute atomic E-state index is 0.293. The second-order valence-corrected chi connectivity index (χ2v) is 4.17. The van der Waals surface area contributed by atoms with Crippen LogP contribution in [0.1, 0.15) is 12.8 Å². The summed E-state index contributed by atoms with van der Waals surface area (Å²) in [5, 5.41) is 3.38. The van der Waals surface area contributed by atoms with Gasteiger partial charge >= 0.3 is 0 Å². The quantitative estimate of drug-likeness (QED) is 0.585. The Balaban J connectivity index is 1.62. The van der Waals surface area contributed by atoms with E-state index in [0.29, 0.717) is 6.10 Å². The Kier molecular flexibility index (Phi) is 3.16. The van der Waals surface area contributed by atoms with Crippen LogP contribution in [-0.2, 0) is 4.84 Å². The summed E-state index contributed by atoms with van der Waals surface area (Å²) in [5.74, 6) is 5.98. The van der Waals surface area contributed by atoms with Crippen molar-refractivity contribution in [3.05, 3.63) is 0 Å². The number of nitrogens with two attached hydrogens (primary N) is 1. The van der Waals surface area contributed by atoms with E-state index in [2.05, 4.69) is 10.2 Å². The first-order valence-corrected chi connectivity index (χ1v) is 5.17. The molecule has 0 atom stereocenters. The lowest BCUT2D eigenvalue weighted by atomic mass is 9.96. The fourth-order valence-electron chi connectivity index (χ4n) is 2.19. The van der Waals surface area contributed by atoms with Gasteiger partial charge in [-0.1, -0.05) is 0 Å². The third-order valence-corrected chi connectivity index (χ3v) is 3.09. The molecular weight excluding hydrogens is 166 g/mol.